The zero-order valence-corrected chi connectivity index (χ0v) is 24.1. The summed E-state index contributed by atoms with van der Waals surface area (Å²) in [7, 11) is 0. The van der Waals surface area contributed by atoms with Crippen LogP contribution in [0.3, 0.4) is 0 Å². The molecule has 8 nitrogen and oxygen atoms in total. The van der Waals surface area contributed by atoms with Gasteiger partial charge in [0.2, 0.25) is 0 Å². The summed E-state index contributed by atoms with van der Waals surface area (Å²) < 4.78 is 6.10. The Morgan fingerprint density at radius 1 is 0.867 bits per heavy atom. The van der Waals surface area contributed by atoms with E-state index in [1.54, 1.807) is 36.6 Å². The molecule has 3 aromatic carbocycles. The van der Waals surface area contributed by atoms with E-state index in [1.165, 1.54) is 6.08 Å². The molecule has 0 spiro atoms. The van der Waals surface area contributed by atoms with Crippen LogP contribution in [-0.4, -0.2) is 38.8 Å². The highest BCUT2D eigenvalue weighted by Gasteiger charge is 2.66. The molecule has 2 heterocycles. The van der Waals surface area contributed by atoms with Crippen LogP contribution in [0.15, 0.2) is 108 Å². The third-order valence-corrected chi connectivity index (χ3v) is 10.5. The maximum Gasteiger partial charge on any atom is 0.257 e. The van der Waals surface area contributed by atoms with E-state index in [9.17, 15) is 29.5 Å². The van der Waals surface area contributed by atoms with Crippen molar-refractivity contribution in [3.05, 3.63) is 125 Å². The smallest absolute Gasteiger partial charge is 0.257 e. The minimum Gasteiger partial charge on any atom is -0.508 e. The molecule has 0 unspecified atom stereocenters. The van der Waals surface area contributed by atoms with Crippen molar-refractivity contribution in [3.63, 3.8) is 0 Å². The van der Waals surface area contributed by atoms with Gasteiger partial charge in [-0.2, -0.15) is 5.06 Å². The molecule has 2 amide bonds. The summed E-state index contributed by atoms with van der Waals surface area (Å²) in [6.45, 7) is 0. The van der Waals surface area contributed by atoms with Crippen molar-refractivity contribution in [1.29, 1.82) is 0 Å². The van der Waals surface area contributed by atoms with Crippen molar-refractivity contribution in [3.8, 4) is 11.5 Å². The van der Waals surface area contributed by atoms with Gasteiger partial charge in [-0.1, -0.05) is 72.3 Å². The van der Waals surface area contributed by atoms with E-state index < -0.39 is 46.8 Å². The van der Waals surface area contributed by atoms with Gasteiger partial charge in [0, 0.05) is 29.4 Å². The molecule has 2 N–H and O–H groups in total. The van der Waals surface area contributed by atoms with Crippen LogP contribution >= 0.6 is 0 Å². The largest absolute Gasteiger partial charge is 0.508 e. The van der Waals surface area contributed by atoms with Gasteiger partial charge in [-0.3, -0.25) is 24.4 Å². The summed E-state index contributed by atoms with van der Waals surface area (Å²) in [4.78, 5) is 56.1. The number of hydrogen-bond donors (Lipinski definition) is 2. The number of hydroxylamine groups is 2. The molecule has 6 atom stereocenters. The molecule has 45 heavy (non-hydrogen) atoms. The van der Waals surface area contributed by atoms with E-state index >= 15 is 0 Å². The molecule has 8 heteroatoms. The number of allylic oxidation sites excluding steroid dienone is 5. The molecular weight excluding hydrogens is 570 g/mol. The van der Waals surface area contributed by atoms with Gasteiger partial charge in [0.15, 0.2) is 11.6 Å². The Morgan fingerprint density at radius 3 is 2.36 bits per heavy atom. The molecule has 0 radical (unpaired) electrons. The molecule has 1 saturated carbocycles. The molecule has 2 aliphatic heterocycles. The van der Waals surface area contributed by atoms with E-state index in [4.69, 9.17) is 4.74 Å². The number of amides is 2. The third kappa shape index (κ3) is 3.82. The van der Waals surface area contributed by atoms with E-state index in [2.05, 4.69) is 0 Å². The maximum atomic E-state index is 15.0. The van der Waals surface area contributed by atoms with Crippen molar-refractivity contribution in [2.45, 2.75) is 24.7 Å². The predicted octanol–water partition coefficient (Wildman–Crippen LogP) is 4.96. The van der Waals surface area contributed by atoms with Crippen molar-refractivity contribution in [2.24, 2.45) is 29.6 Å². The fourth-order valence-corrected chi connectivity index (χ4v) is 8.67. The lowest BCUT2D eigenvalue weighted by Crippen LogP contribution is -2.60. The number of ether oxygens (including phenoxy) is 1. The monoisotopic (exact) mass is 599 g/mol. The molecule has 0 bridgehead atoms. The summed E-state index contributed by atoms with van der Waals surface area (Å²) in [6, 6.07) is 23.3. The van der Waals surface area contributed by atoms with E-state index in [0.717, 1.165) is 16.7 Å². The zero-order valence-electron chi connectivity index (χ0n) is 24.1. The van der Waals surface area contributed by atoms with Crippen LogP contribution in [0.25, 0.3) is 5.57 Å². The second-order valence-electron chi connectivity index (χ2n) is 12.6. The molecule has 5 aliphatic rings. The Balaban J connectivity index is 1.38. The lowest BCUT2D eigenvalue weighted by molar-refractivity contribution is -0.173. The molecule has 1 saturated heterocycles. The van der Waals surface area contributed by atoms with Crippen LogP contribution in [0, 0.1) is 29.6 Å². The topological polar surface area (TPSA) is 121 Å². The number of aromatic hydroxyl groups is 1. The highest BCUT2D eigenvalue weighted by atomic mass is 16.5. The Morgan fingerprint density at radius 2 is 1.60 bits per heavy atom. The Hall–Kier alpha value is -5.08. The number of imide groups is 1. The van der Waals surface area contributed by atoms with Crippen molar-refractivity contribution in [2.75, 3.05) is 0 Å². The summed E-state index contributed by atoms with van der Waals surface area (Å²) in [5.74, 6) is -4.81. The normalized spacial score (nSPS) is 30.3. The van der Waals surface area contributed by atoms with Crippen LogP contribution in [0.5, 0.6) is 11.5 Å². The fraction of sp³-hybridized carbons (Fsp3) is 0.243. The molecule has 0 aromatic heterocycles. The second-order valence-corrected chi connectivity index (χ2v) is 12.6. The number of rotatable bonds is 3. The first kappa shape index (κ1) is 27.5. The van der Waals surface area contributed by atoms with Crippen LogP contribution < -0.4 is 4.74 Å². The first-order valence-corrected chi connectivity index (χ1v) is 15.2. The molecular formula is C37H29NO7. The number of ketones is 2. The summed E-state index contributed by atoms with van der Waals surface area (Å²) in [5.41, 5.74) is 2.53. The Kier molecular flexibility index (Phi) is 6.09. The lowest BCUT2D eigenvalue weighted by Gasteiger charge is -2.56. The fourth-order valence-electron chi connectivity index (χ4n) is 8.67. The van der Waals surface area contributed by atoms with Crippen molar-refractivity contribution in [1.82, 2.24) is 5.06 Å². The number of nitrogens with zero attached hydrogens (tertiary/aromatic N) is 1. The van der Waals surface area contributed by atoms with Crippen LogP contribution in [0.4, 0.5) is 0 Å². The summed E-state index contributed by atoms with van der Waals surface area (Å²) in [6.07, 6.45) is 5.77. The van der Waals surface area contributed by atoms with Crippen LogP contribution in [0.2, 0.25) is 0 Å². The number of carbonyl (C=O) groups excluding carboxylic acids is 4. The molecule has 3 aliphatic carbocycles. The number of hydrogen-bond acceptors (Lipinski definition) is 7. The number of phenols is 1. The van der Waals surface area contributed by atoms with Crippen LogP contribution in [0.1, 0.15) is 29.5 Å². The van der Waals surface area contributed by atoms with Crippen molar-refractivity contribution >= 4 is 29.0 Å². The SMILES string of the molecule is O=C1C(c2ccccc2)=CC(=O)[C@@]2(c3ccccc3)[C@@H](C3=COc4ccc(O)cc4C3)C3=CC[C@@H]4C(=O)N(O)C(=O)[C@@H]4[C@@H]3C[C@@H]12. The quantitative estimate of drug-likeness (QED) is 0.248. The number of carbonyl (C=O) groups is 4. The van der Waals surface area contributed by atoms with Gasteiger partial charge in [-0.05, 0) is 59.7 Å². The van der Waals surface area contributed by atoms with E-state index in [-0.39, 0.29) is 35.2 Å². The number of fused-ring (bicyclic) bond motifs is 5. The number of phenolic OH excluding ortho intramolecular Hbond substituents is 1. The third-order valence-electron chi connectivity index (χ3n) is 10.5. The standard InChI is InChI=1S/C37H29NO7/c39-24-11-14-30-21(16-24)15-22(19-45-30)33-25-12-13-26-32(36(43)38(44)35(26)42)28(25)17-29-34(41)27(20-7-3-1-4-8-20)18-31(40)37(29,33)23-9-5-2-6-10-23/h1-12,14,16,18-19,26,28-29,32-33,39,44H,13,15,17H2/t26-,28+,29-,32-,33-,37-/m0/s1. The molecule has 224 valence electrons. The second kappa shape index (κ2) is 9.97. The van der Waals surface area contributed by atoms with Gasteiger partial charge < -0.3 is 9.84 Å². The van der Waals surface area contributed by atoms with Gasteiger partial charge in [0.1, 0.15) is 11.5 Å². The Labute approximate surface area is 258 Å². The highest BCUT2D eigenvalue weighted by molar-refractivity contribution is 6.31. The lowest BCUT2D eigenvalue weighted by atomic mass is 9.44. The van der Waals surface area contributed by atoms with Crippen molar-refractivity contribution < 1.29 is 34.2 Å². The predicted molar refractivity (Wildman–Crippen MR) is 161 cm³/mol. The van der Waals surface area contributed by atoms with Gasteiger partial charge in [0.25, 0.3) is 11.8 Å². The van der Waals surface area contributed by atoms with Crippen LogP contribution in [-0.2, 0) is 31.0 Å². The first-order chi connectivity index (χ1) is 21.8. The van der Waals surface area contributed by atoms with E-state index in [0.29, 0.717) is 28.9 Å². The summed E-state index contributed by atoms with van der Waals surface area (Å²) >= 11 is 0. The van der Waals surface area contributed by atoms with Gasteiger partial charge in [-0.15, -0.1) is 0 Å². The number of Topliss-reactive ketones (excluding diaryl/α,β-unsaturated/α-hetero) is 1. The minimum atomic E-state index is -1.36. The number of benzene rings is 3. The van der Waals surface area contributed by atoms with Gasteiger partial charge >= 0.3 is 0 Å². The Bertz CT molecular complexity index is 1890. The van der Waals surface area contributed by atoms with E-state index in [1.807, 2.05) is 54.6 Å². The molecule has 8 rings (SSSR count). The average molecular weight is 600 g/mol. The maximum absolute atomic E-state index is 15.0. The first-order valence-electron chi connectivity index (χ1n) is 15.2. The van der Waals surface area contributed by atoms with Gasteiger partial charge in [-0.25, -0.2) is 0 Å². The van der Waals surface area contributed by atoms with Gasteiger partial charge in [0.05, 0.1) is 23.5 Å². The molecule has 2 fully saturated rings. The zero-order chi connectivity index (χ0) is 31.0. The minimum absolute atomic E-state index is 0.0768. The summed E-state index contributed by atoms with van der Waals surface area (Å²) in [5, 5.41) is 20.9. The molecule has 3 aromatic rings. The highest BCUT2D eigenvalue weighted by Crippen LogP contribution is 2.62. The average Bonchev–Trinajstić information content (AvgIpc) is 3.29.